The number of nitro groups is 2. The van der Waals surface area contributed by atoms with Gasteiger partial charge in [-0.15, -0.1) is 0 Å². The number of hydrogen-bond donors (Lipinski definition) is 2. The van der Waals surface area contributed by atoms with Gasteiger partial charge in [0, 0.05) is 62.2 Å². The minimum Gasteiger partial charge on any atom is -0.445 e. The van der Waals surface area contributed by atoms with Gasteiger partial charge in [-0.3, -0.25) is 25.0 Å². The van der Waals surface area contributed by atoms with Crippen LogP contribution in [0.4, 0.5) is 21.0 Å². The molecule has 3 rings (SSSR count). The monoisotopic (exact) mass is 590 g/mol. The number of non-ortho nitro benzene ring substituents is 2. The number of nitrogens with zero attached hydrogens (tertiary/aromatic N) is 3. The van der Waals surface area contributed by atoms with E-state index in [1.807, 2.05) is 0 Å². The van der Waals surface area contributed by atoms with E-state index in [9.17, 15) is 39.7 Å². The fourth-order valence-corrected chi connectivity index (χ4v) is 5.47. The maximum atomic E-state index is 13.1. The molecule has 0 radical (unpaired) electrons. The second-order valence-corrected chi connectivity index (χ2v) is 10.8. The average molecular weight is 591 g/mol. The molecule has 2 aromatic carbocycles. The van der Waals surface area contributed by atoms with Gasteiger partial charge in [-0.1, -0.05) is 11.8 Å². The molecule has 1 fully saturated rings. The van der Waals surface area contributed by atoms with Crippen molar-refractivity contribution in [1.29, 1.82) is 0 Å². The second-order valence-electron chi connectivity index (χ2n) is 9.32. The number of ether oxygens (including phenoxy) is 2. The molecule has 15 heteroatoms. The third-order valence-corrected chi connectivity index (χ3v) is 7.46. The lowest BCUT2D eigenvalue weighted by Crippen LogP contribution is -2.45. The van der Waals surface area contributed by atoms with Crippen molar-refractivity contribution in [3.05, 3.63) is 79.9 Å². The van der Waals surface area contributed by atoms with E-state index in [2.05, 4.69) is 5.32 Å². The predicted molar refractivity (Wildman–Crippen MR) is 147 cm³/mol. The van der Waals surface area contributed by atoms with Crippen LogP contribution in [0.1, 0.15) is 30.9 Å². The van der Waals surface area contributed by atoms with Gasteiger partial charge < -0.3 is 24.8 Å². The molecule has 0 aliphatic carbocycles. The number of nitro benzene ring substituents is 2. The highest BCUT2D eigenvalue weighted by Gasteiger charge is 2.41. The Bertz CT molecular complexity index is 1240. The Morgan fingerprint density at radius 3 is 2.02 bits per heavy atom. The zero-order chi connectivity index (χ0) is 29.9. The van der Waals surface area contributed by atoms with E-state index in [-0.39, 0.29) is 61.1 Å². The van der Waals surface area contributed by atoms with Crippen molar-refractivity contribution in [3.63, 3.8) is 0 Å². The number of likely N-dealkylation sites (tertiary alicyclic amines) is 1. The van der Waals surface area contributed by atoms with Crippen molar-refractivity contribution in [2.24, 2.45) is 5.92 Å². The van der Waals surface area contributed by atoms with Crippen LogP contribution < -0.4 is 5.32 Å². The van der Waals surface area contributed by atoms with Crippen LogP contribution in [0.25, 0.3) is 0 Å². The highest BCUT2D eigenvalue weighted by molar-refractivity contribution is 8.14. The highest BCUT2D eigenvalue weighted by Crippen LogP contribution is 2.33. The molecule has 14 nitrogen and oxygen atoms in total. The summed E-state index contributed by atoms with van der Waals surface area (Å²) >= 11 is 1.11. The summed E-state index contributed by atoms with van der Waals surface area (Å²) in [5.41, 5.74) is 0.936. The Hall–Kier alpha value is -4.24. The number of benzene rings is 2. The van der Waals surface area contributed by atoms with Crippen molar-refractivity contribution in [2.75, 3.05) is 19.7 Å². The van der Waals surface area contributed by atoms with Gasteiger partial charge in [0.1, 0.15) is 13.2 Å². The molecule has 2 aromatic rings. The Morgan fingerprint density at radius 2 is 1.54 bits per heavy atom. The quantitative estimate of drug-likeness (QED) is 0.270. The van der Waals surface area contributed by atoms with Gasteiger partial charge in [-0.25, -0.2) is 9.59 Å². The van der Waals surface area contributed by atoms with E-state index < -0.39 is 34.0 Å². The van der Waals surface area contributed by atoms with Crippen molar-refractivity contribution < 1.29 is 38.8 Å². The number of carbonyl (C=O) groups excluding carboxylic acids is 3. The van der Waals surface area contributed by atoms with Crippen LogP contribution in [0.5, 0.6) is 0 Å². The Morgan fingerprint density at radius 1 is 1.00 bits per heavy atom. The largest absolute Gasteiger partial charge is 0.445 e. The molecule has 1 aliphatic rings. The van der Waals surface area contributed by atoms with Gasteiger partial charge in [0.25, 0.3) is 11.4 Å². The predicted octanol–water partition coefficient (Wildman–Crippen LogP) is 3.79. The minimum atomic E-state index is -0.744. The lowest BCUT2D eigenvalue weighted by molar-refractivity contribution is -0.385. The van der Waals surface area contributed by atoms with E-state index in [1.54, 1.807) is 0 Å². The number of nitrogens with one attached hydrogen (secondary N) is 1. The van der Waals surface area contributed by atoms with Crippen molar-refractivity contribution in [3.8, 4) is 0 Å². The molecule has 220 valence electrons. The Labute approximate surface area is 239 Å². The molecule has 1 saturated heterocycles. The first-order chi connectivity index (χ1) is 19.6. The Balaban J connectivity index is 1.61. The highest BCUT2D eigenvalue weighted by atomic mass is 32.2. The number of amides is 2. The van der Waals surface area contributed by atoms with Gasteiger partial charge in [0.05, 0.1) is 9.85 Å². The van der Waals surface area contributed by atoms with Crippen molar-refractivity contribution in [2.45, 2.75) is 44.3 Å². The molecular weight excluding hydrogens is 560 g/mol. The number of aliphatic hydroxyl groups excluding tert-OH is 1. The van der Waals surface area contributed by atoms with Gasteiger partial charge >= 0.3 is 12.2 Å². The smallest absolute Gasteiger partial charge is 0.410 e. The molecule has 2 N–H and O–H groups in total. The molecule has 0 spiro atoms. The third kappa shape index (κ3) is 9.42. The first kappa shape index (κ1) is 31.3. The standard InChI is InChI=1S/C26H30N4O10S/c1-17(32)41-23-12-24(28(14-23)26(34)40-16-19-4-8-22(9-5-19)30(37)38)20(10-11-31)13-27-25(33)39-15-18-2-6-21(7-3-18)29(35)36/h2-9,20,23-24,31H,10-16H2,1H3,(H,27,33)/t20?,23-,24-/m0/s1. The number of aliphatic hydroxyl groups is 1. The van der Waals surface area contributed by atoms with E-state index in [1.165, 1.54) is 60.4 Å². The van der Waals surface area contributed by atoms with Crippen molar-refractivity contribution >= 4 is 40.4 Å². The first-order valence-corrected chi connectivity index (χ1v) is 13.5. The van der Waals surface area contributed by atoms with Crippen LogP contribution in [0, 0.1) is 26.1 Å². The summed E-state index contributed by atoms with van der Waals surface area (Å²) in [6.45, 7) is 1.27. The molecule has 0 aromatic heterocycles. The van der Waals surface area contributed by atoms with Crippen LogP contribution in [-0.4, -0.2) is 68.1 Å². The molecule has 41 heavy (non-hydrogen) atoms. The molecule has 2 amide bonds. The lowest BCUT2D eigenvalue weighted by Gasteiger charge is -2.30. The Kier molecular flexibility index (Phi) is 11.4. The van der Waals surface area contributed by atoms with Gasteiger partial charge in [0.2, 0.25) is 0 Å². The molecule has 0 saturated carbocycles. The molecule has 0 bridgehead atoms. The number of carbonyl (C=O) groups is 3. The van der Waals surface area contributed by atoms with E-state index >= 15 is 0 Å². The topological polar surface area (TPSA) is 191 Å². The summed E-state index contributed by atoms with van der Waals surface area (Å²) < 4.78 is 10.7. The zero-order valence-corrected chi connectivity index (χ0v) is 23.0. The average Bonchev–Trinajstić information content (AvgIpc) is 3.36. The minimum absolute atomic E-state index is 0.0634. The summed E-state index contributed by atoms with van der Waals surface area (Å²) in [4.78, 5) is 59.3. The van der Waals surface area contributed by atoms with Crippen LogP contribution in [-0.2, 0) is 27.5 Å². The van der Waals surface area contributed by atoms with Crippen molar-refractivity contribution in [1.82, 2.24) is 10.2 Å². The fourth-order valence-electron chi connectivity index (χ4n) is 4.47. The maximum absolute atomic E-state index is 13.1. The lowest BCUT2D eigenvalue weighted by atomic mass is 9.94. The summed E-state index contributed by atoms with van der Waals surface area (Å²) in [6.07, 6.45) is -0.715. The molecule has 1 heterocycles. The summed E-state index contributed by atoms with van der Waals surface area (Å²) in [5.74, 6) is -0.392. The molecule has 1 aliphatic heterocycles. The normalized spacial score (nSPS) is 17.0. The molecular formula is C26H30N4O10S. The number of thioether (sulfide) groups is 1. The van der Waals surface area contributed by atoms with Gasteiger partial charge in [0.15, 0.2) is 5.12 Å². The summed E-state index contributed by atoms with van der Waals surface area (Å²) in [5, 5.41) is 33.7. The van der Waals surface area contributed by atoms with E-state index in [0.717, 1.165) is 11.8 Å². The fraction of sp³-hybridized carbons (Fsp3) is 0.423. The summed E-state index contributed by atoms with van der Waals surface area (Å²) in [7, 11) is 0. The van der Waals surface area contributed by atoms with Crippen LogP contribution in [0.15, 0.2) is 48.5 Å². The third-order valence-electron chi connectivity index (χ3n) is 6.45. The van der Waals surface area contributed by atoms with Crippen LogP contribution in [0.3, 0.4) is 0 Å². The molecule has 3 atom stereocenters. The maximum Gasteiger partial charge on any atom is 0.410 e. The first-order valence-electron chi connectivity index (χ1n) is 12.7. The second kappa shape index (κ2) is 14.9. The van der Waals surface area contributed by atoms with Gasteiger partial charge in [-0.05, 0) is 54.2 Å². The zero-order valence-electron chi connectivity index (χ0n) is 22.2. The van der Waals surface area contributed by atoms with E-state index in [4.69, 9.17) is 9.47 Å². The van der Waals surface area contributed by atoms with Crippen LogP contribution in [0.2, 0.25) is 0 Å². The molecule has 1 unspecified atom stereocenters. The number of hydrogen-bond acceptors (Lipinski definition) is 11. The summed E-state index contributed by atoms with van der Waals surface area (Å²) in [6, 6.07) is 10.7. The van der Waals surface area contributed by atoms with Gasteiger partial charge in [-0.2, -0.15) is 0 Å². The number of rotatable bonds is 12. The number of alkyl carbamates (subject to hydrolysis) is 1. The SMILES string of the molecule is CC(=O)S[C@H]1C[C@@H](C(CCO)CNC(=O)OCc2ccc([N+](=O)[O-])cc2)N(C(=O)OCc2ccc([N+](=O)[O-])cc2)C1. The van der Waals surface area contributed by atoms with E-state index in [0.29, 0.717) is 17.5 Å². The van der Waals surface area contributed by atoms with Crippen LogP contribution >= 0.6 is 11.8 Å².